The molecule has 0 spiro atoms. The zero-order chi connectivity index (χ0) is 12.1. The number of hydrogen-bond donors (Lipinski definition) is 1. The molecule has 92 valence electrons. The van der Waals surface area contributed by atoms with Gasteiger partial charge < -0.3 is 16.1 Å². The summed E-state index contributed by atoms with van der Waals surface area (Å²) in [5.74, 6) is -1.30. The van der Waals surface area contributed by atoms with Gasteiger partial charge in [-0.05, 0) is 18.2 Å². The summed E-state index contributed by atoms with van der Waals surface area (Å²) < 4.78 is 0.780. The molecule has 0 aliphatic heterocycles. The quantitative estimate of drug-likeness (QED) is 0.871. The van der Waals surface area contributed by atoms with Gasteiger partial charge in [0.1, 0.15) is 6.33 Å². The van der Waals surface area contributed by atoms with Gasteiger partial charge in [-0.25, -0.2) is 9.97 Å². The Kier molecular flexibility index (Phi) is 6.30. The molecule has 1 heterocycles. The van der Waals surface area contributed by atoms with Crippen molar-refractivity contribution in [3.05, 3.63) is 34.7 Å². The number of halogens is 1. The Morgan fingerprint density at radius 3 is 2.53 bits per heavy atom. The molecule has 0 bridgehead atoms. The fourth-order valence-corrected chi connectivity index (χ4v) is 1.55. The number of hydrogen-bond acceptors (Lipinski definition) is 4. The van der Waals surface area contributed by atoms with Crippen molar-refractivity contribution >= 4 is 32.8 Å². The van der Waals surface area contributed by atoms with Gasteiger partial charge in [-0.3, -0.25) is 0 Å². The van der Waals surface area contributed by atoms with E-state index in [9.17, 15) is 9.90 Å². The number of carboxylic acids is 1. The van der Waals surface area contributed by atoms with Gasteiger partial charge in [0.2, 0.25) is 0 Å². The molecular formula is C11H14BrN3O2. The second-order valence-corrected chi connectivity index (χ2v) is 3.59. The Balaban J connectivity index is 0.000000811. The zero-order valence-electron chi connectivity index (χ0n) is 9.90. The molecule has 5 nitrogen and oxygen atoms in total. The van der Waals surface area contributed by atoms with E-state index in [0.717, 1.165) is 4.47 Å². The second kappa shape index (κ2) is 6.93. The first kappa shape index (κ1) is 15.5. The van der Waals surface area contributed by atoms with Crippen LogP contribution in [-0.4, -0.2) is 15.9 Å². The summed E-state index contributed by atoms with van der Waals surface area (Å²) in [7, 11) is 0. The summed E-state index contributed by atoms with van der Waals surface area (Å²) in [6, 6.07) is 5.16. The van der Waals surface area contributed by atoms with Gasteiger partial charge in [0.05, 0.1) is 17.2 Å². The Labute approximate surface area is 108 Å². The molecule has 2 rings (SSSR count). The summed E-state index contributed by atoms with van der Waals surface area (Å²) in [5, 5.41) is 11.2. The topological polar surface area (TPSA) is 102 Å². The Bertz CT molecular complexity index is 517. The number of aromatic carboxylic acids is 1. The van der Waals surface area contributed by atoms with Crippen LogP contribution in [0.5, 0.6) is 0 Å². The first-order valence-electron chi connectivity index (χ1n) is 4.80. The minimum absolute atomic E-state index is 0. The van der Waals surface area contributed by atoms with E-state index in [4.69, 9.17) is 0 Å². The van der Waals surface area contributed by atoms with E-state index in [1.165, 1.54) is 6.33 Å². The molecule has 1 aromatic carbocycles. The van der Waals surface area contributed by atoms with Crippen molar-refractivity contribution in [3.63, 3.8) is 0 Å². The molecule has 1 aromatic heterocycles. The van der Waals surface area contributed by atoms with Gasteiger partial charge in [0.15, 0.2) is 0 Å². The molecule has 0 saturated heterocycles. The van der Waals surface area contributed by atoms with Gasteiger partial charge in [-0.15, -0.1) is 0 Å². The van der Waals surface area contributed by atoms with E-state index in [0.29, 0.717) is 10.9 Å². The number of carboxylic acid groups (broad SMARTS) is 1. The van der Waals surface area contributed by atoms with Crippen molar-refractivity contribution in [1.82, 2.24) is 16.1 Å². The van der Waals surface area contributed by atoms with Crippen LogP contribution in [0.2, 0.25) is 0 Å². The normalized spacial score (nSPS) is 8.88. The molecule has 4 N–H and O–H groups in total. The molecular weight excluding hydrogens is 286 g/mol. The van der Waals surface area contributed by atoms with E-state index in [2.05, 4.69) is 25.9 Å². The standard InChI is InChI=1S/C9H5BrN2O2.C2H6.H3N/c10-5-1-2-7-6(3-5)8(9(13)14)12-4-11-7;1-2;/h1-4H,(H,13,14);1-2H3;1H3. The van der Waals surface area contributed by atoms with Crippen LogP contribution in [0.25, 0.3) is 10.9 Å². The van der Waals surface area contributed by atoms with Crippen molar-refractivity contribution in [3.8, 4) is 0 Å². The molecule has 0 radical (unpaired) electrons. The average molecular weight is 300 g/mol. The Morgan fingerprint density at radius 2 is 1.94 bits per heavy atom. The van der Waals surface area contributed by atoms with Crippen LogP contribution < -0.4 is 11.3 Å². The van der Waals surface area contributed by atoms with Gasteiger partial charge in [0.25, 0.3) is 0 Å². The van der Waals surface area contributed by atoms with E-state index in [1.54, 1.807) is 18.2 Å². The van der Waals surface area contributed by atoms with Crippen LogP contribution in [0.3, 0.4) is 0 Å². The molecule has 0 unspecified atom stereocenters. The summed E-state index contributed by atoms with van der Waals surface area (Å²) in [6.45, 7) is 4.00. The van der Waals surface area contributed by atoms with Gasteiger partial charge in [0, 0.05) is 9.86 Å². The summed E-state index contributed by atoms with van der Waals surface area (Å²) in [4.78, 5) is 18.3. The van der Waals surface area contributed by atoms with Crippen LogP contribution in [-0.2, 0) is 0 Å². The third kappa shape index (κ3) is 3.47. The summed E-state index contributed by atoms with van der Waals surface area (Å²) in [5.41, 5.74) is 0.499. The maximum Gasteiger partial charge on any atom is 0.116 e. The number of carbonyl (C=O) groups is 1. The molecule has 0 aliphatic carbocycles. The second-order valence-electron chi connectivity index (χ2n) is 2.67. The lowest BCUT2D eigenvalue weighted by atomic mass is 10.2. The highest BCUT2D eigenvalue weighted by Crippen LogP contribution is 2.19. The van der Waals surface area contributed by atoms with E-state index >= 15 is 0 Å². The lowest BCUT2D eigenvalue weighted by molar-refractivity contribution is -0.255. The van der Waals surface area contributed by atoms with Crippen molar-refractivity contribution in [1.29, 1.82) is 0 Å². The van der Waals surface area contributed by atoms with Gasteiger partial charge in [-0.2, -0.15) is 0 Å². The fourth-order valence-electron chi connectivity index (χ4n) is 1.19. The fraction of sp³-hybridized carbons (Fsp3) is 0.182. The minimum Gasteiger partial charge on any atom is -0.543 e. The van der Waals surface area contributed by atoms with Crippen LogP contribution in [0, 0.1) is 0 Å². The molecule has 0 aliphatic rings. The van der Waals surface area contributed by atoms with E-state index in [-0.39, 0.29) is 11.8 Å². The maximum absolute atomic E-state index is 10.7. The first-order chi connectivity index (χ1) is 7.68. The van der Waals surface area contributed by atoms with Crippen molar-refractivity contribution < 1.29 is 9.90 Å². The number of rotatable bonds is 1. The molecule has 0 fully saturated rings. The highest BCUT2D eigenvalue weighted by molar-refractivity contribution is 9.10. The predicted octanol–water partition coefficient (Wildman–Crippen LogP) is 2.16. The number of aromatic nitrogens is 2. The smallest absolute Gasteiger partial charge is 0.116 e. The minimum atomic E-state index is -1.30. The Hall–Kier alpha value is -1.53. The predicted molar refractivity (Wildman–Crippen MR) is 68.9 cm³/mol. The monoisotopic (exact) mass is 299 g/mol. The molecule has 6 heteroatoms. The van der Waals surface area contributed by atoms with Crippen molar-refractivity contribution in [2.75, 3.05) is 0 Å². The van der Waals surface area contributed by atoms with Crippen LogP contribution >= 0.6 is 15.9 Å². The zero-order valence-corrected chi connectivity index (χ0v) is 11.5. The third-order valence-electron chi connectivity index (χ3n) is 1.79. The Morgan fingerprint density at radius 1 is 1.29 bits per heavy atom. The summed E-state index contributed by atoms with van der Waals surface area (Å²) >= 11 is 3.25. The number of benzene rings is 1. The molecule has 17 heavy (non-hydrogen) atoms. The van der Waals surface area contributed by atoms with Crippen LogP contribution in [0.15, 0.2) is 29.0 Å². The molecule has 0 atom stereocenters. The van der Waals surface area contributed by atoms with Gasteiger partial charge in [-0.1, -0.05) is 29.8 Å². The van der Waals surface area contributed by atoms with E-state index < -0.39 is 5.97 Å². The third-order valence-corrected chi connectivity index (χ3v) is 2.28. The van der Waals surface area contributed by atoms with Crippen LogP contribution in [0.4, 0.5) is 0 Å². The van der Waals surface area contributed by atoms with E-state index in [1.807, 2.05) is 13.8 Å². The van der Waals surface area contributed by atoms with Crippen molar-refractivity contribution in [2.45, 2.75) is 13.8 Å². The highest BCUT2D eigenvalue weighted by atomic mass is 79.9. The molecule has 0 saturated carbocycles. The first-order valence-corrected chi connectivity index (χ1v) is 5.59. The summed E-state index contributed by atoms with van der Waals surface area (Å²) in [6.07, 6.45) is 1.21. The highest BCUT2D eigenvalue weighted by Gasteiger charge is 2.04. The average Bonchev–Trinajstić information content (AvgIpc) is 2.30. The van der Waals surface area contributed by atoms with Crippen molar-refractivity contribution in [2.24, 2.45) is 0 Å². The largest absolute Gasteiger partial charge is 0.543 e. The lowest BCUT2D eigenvalue weighted by Gasteiger charge is -2.05. The SMILES string of the molecule is CC.O=C([O-])c1ncnc2ccc(Br)cc12.[NH4+]. The van der Waals surface area contributed by atoms with Gasteiger partial charge >= 0.3 is 0 Å². The molecule has 0 amide bonds. The lowest BCUT2D eigenvalue weighted by Crippen LogP contribution is -2.23. The van der Waals surface area contributed by atoms with Crippen LogP contribution in [0.1, 0.15) is 24.3 Å². The maximum atomic E-state index is 10.7. The number of nitrogens with zero attached hydrogens (tertiary/aromatic N) is 2. The number of carbonyl (C=O) groups excluding carboxylic acids is 1. The number of fused-ring (bicyclic) bond motifs is 1. The number of quaternary nitrogens is 1. The molecule has 2 aromatic rings.